The SMILES string of the molecule is c1ccc(-n2c3ccccc3c3c2c2ccccc2n3-c2ccc3oc4ccccc4c3c2)cc1. The molecule has 0 N–H and O–H groups in total. The highest BCUT2D eigenvalue weighted by atomic mass is 16.3. The van der Waals surface area contributed by atoms with E-state index >= 15 is 0 Å². The van der Waals surface area contributed by atoms with Gasteiger partial charge in [0.2, 0.25) is 0 Å². The third-order valence-electron chi connectivity index (χ3n) is 7.10. The Balaban J connectivity index is 1.57. The maximum atomic E-state index is 6.12. The molecule has 0 unspecified atom stereocenters. The summed E-state index contributed by atoms with van der Waals surface area (Å²) in [7, 11) is 0. The van der Waals surface area contributed by atoms with Crippen LogP contribution in [0, 0.1) is 0 Å². The fourth-order valence-electron chi connectivity index (χ4n) is 5.65. The van der Waals surface area contributed by atoms with Gasteiger partial charge in [-0.05, 0) is 48.5 Å². The molecule has 0 aliphatic heterocycles. The molecule has 0 saturated heterocycles. The molecule has 8 aromatic rings. The first kappa shape index (κ1) is 18.6. The van der Waals surface area contributed by atoms with Crippen LogP contribution in [0.1, 0.15) is 0 Å². The average molecular weight is 449 g/mol. The van der Waals surface area contributed by atoms with Crippen LogP contribution in [0.15, 0.2) is 126 Å². The Bertz CT molecular complexity index is 2050. The number of nitrogens with zero attached hydrogens (tertiary/aromatic N) is 2. The van der Waals surface area contributed by atoms with Gasteiger partial charge in [0.1, 0.15) is 11.2 Å². The molecular weight excluding hydrogens is 428 g/mol. The van der Waals surface area contributed by atoms with Crippen molar-refractivity contribution in [2.45, 2.75) is 0 Å². The van der Waals surface area contributed by atoms with Gasteiger partial charge < -0.3 is 13.6 Å². The zero-order chi connectivity index (χ0) is 22.9. The molecule has 3 heteroatoms. The number of furan rings is 1. The number of para-hydroxylation sites is 4. The van der Waals surface area contributed by atoms with Gasteiger partial charge in [0.05, 0.1) is 22.1 Å². The van der Waals surface area contributed by atoms with E-state index in [1.54, 1.807) is 0 Å². The lowest BCUT2D eigenvalue weighted by molar-refractivity contribution is 0.669. The van der Waals surface area contributed by atoms with E-state index in [9.17, 15) is 0 Å². The fraction of sp³-hybridized carbons (Fsp3) is 0. The number of rotatable bonds is 2. The fourth-order valence-corrected chi connectivity index (χ4v) is 5.65. The number of aromatic nitrogens is 2. The van der Waals surface area contributed by atoms with Crippen LogP contribution < -0.4 is 0 Å². The second kappa shape index (κ2) is 6.87. The topological polar surface area (TPSA) is 23.0 Å². The third-order valence-corrected chi connectivity index (χ3v) is 7.10. The first-order valence-corrected chi connectivity index (χ1v) is 11.9. The Morgan fingerprint density at radius 2 is 0.943 bits per heavy atom. The standard InChI is InChI=1S/C32H20N2O/c1-2-10-21(11-3-1)33-27-15-7-4-13-24(27)32-31(33)25-14-5-8-16-28(25)34(32)22-18-19-30-26(20-22)23-12-6-9-17-29(23)35-30/h1-20H. The van der Waals surface area contributed by atoms with Crippen LogP contribution in [0.3, 0.4) is 0 Å². The second-order valence-electron chi connectivity index (χ2n) is 9.02. The van der Waals surface area contributed by atoms with Gasteiger partial charge in [-0.15, -0.1) is 0 Å². The third kappa shape index (κ3) is 2.50. The van der Waals surface area contributed by atoms with Gasteiger partial charge in [-0.25, -0.2) is 0 Å². The predicted molar refractivity (Wildman–Crippen MR) is 145 cm³/mol. The van der Waals surface area contributed by atoms with Crippen LogP contribution in [0.25, 0.3) is 66.2 Å². The van der Waals surface area contributed by atoms with E-state index in [1.807, 2.05) is 12.1 Å². The van der Waals surface area contributed by atoms with E-state index in [0.717, 1.165) is 33.3 Å². The molecule has 0 bridgehead atoms. The van der Waals surface area contributed by atoms with Crippen LogP contribution in [0.5, 0.6) is 0 Å². The molecule has 0 spiro atoms. The maximum Gasteiger partial charge on any atom is 0.135 e. The lowest BCUT2D eigenvalue weighted by Crippen LogP contribution is -1.93. The van der Waals surface area contributed by atoms with E-state index < -0.39 is 0 Å². The van der Waals surface area contributed by atoms with Crippen molar-refractivity contribution in [2.24, 2.45) is 0 Å². The van der Waals surface area contributed by atoms with Gasteiger partial charge >= 0.3 is 0 Å². The van der Waals surface area contributed by atoms with Crippen molar-refractivity contribution in [3.05, 3.63) is 121 Å². The Labute approximate surface area is 201 Å². The number of hydrogen-bond acceptors (Lipinski definition) is 1. The predicted octanol–water partition coefficient (Wildman–Crippen LogP) is 8.63. The lowest BCUT2D eigenvalue weighted by Gasteiger charge is -2.09. The van der Waals surface area contributed by atoms with Crippen LogP contribution in [-0.2, 0) is 0 Å². The summed E-state index contributed by atoms with van der Waals surface area (Å²) in [5.41, 5.74) is 8.97. The van der Waals surface area contributed by atoms with Gasteiger partial charge in [-0.1, -0.05) is 72.8 Å². The molecule has 0 saturated carbocycles. The van der Waals surface area contributed by atoms with Gasteiger partial charge in [-0.2, -0.15) is 0 Å². The smallest absolute Gasteiger partial charge is 0.135 e. The Kier molecular flexibility index (Phi) is 3.66. The summed E-state index contributed by atoms with van der Waals surface area (Å²) in [5.74, 6) is 0. The lowest BCUT2D eigenvalue weighted by atomic mass is 10.1. The van der Waals surface area contributed by atoms with Crippen LogP contribution in [0.2, 0.25) is 0 Å². The zero-order valence-corrected chi connectivity index (χ0v) is 18.8. The molecule has 8 rings (SSSR count). The number of fused-ring (bicyclic) bond motifs is 8. The molecule has 0 fully saturated rings. The van der Waals surface area contributed by atoms with E-state index in [2.05, 4.69) is 118 Å². The Morgan fingerprint density at radius 3 is 1.66 bits per heavy atom. The molecule has 0 radical (unpaired) electrons. The summed E-state index contributed by atoms with van der Waals surface area (Å²) < 4.78 is 10.9. The van der Waals surface area contributed by atoms with Crippen molar-refractivity contribution in [3.63, 3.8) is 0 Å². The largest absolute Gasteiger partial charge is 0.456 e. The summed E-state index contributed by atoms with van der Waals surface area (Å²) in [4.78, 5) is 0. The van der Waals surface area contributed by atoms with Crippen LogP contribution in [-0.4, -0.2) is 9.13 Å². The van der Waals surface area contributed by atoms with Crippen LogP contribution >= 0.6 is 0 Å². The van der Waals surface area contributed by atoms with Crippen molar-refractivity contribution in [1.82, 2.24) is 9.13 Å². The molecular formula is C32H20N2O. The number of benzene rings is 5. The molecule has 5 aromatic carbocycles. The zero-order valence-electron chi connectivity index (χ0n) is 18.8. The summed E-state index contributed by atoms with van der Waals surface area (Å²) in [5, 5.41) is 4.75. The minimum absolute atomic E-state index is 0.911. The minimum Gasteiger partial charge on any atom is -0.456 e. The minimum atomic E-state index is 0.911. The van der Waals surface area contributed by atoms with Crippen LogP contribution in [0.4, 0.5) is 0 Å². The van der Waals surface area contributed by atoms with Crippen molar-refractivity contribution in [1.29, 1.82) is 0 Å². The Morgan fingerprint density at radius 1 is 0.400 bits per heavy atom. The highest BCUT2D eigenvalue weighted by molar-refractivity contribution is 6.20. The first-order chi connectivity index (χ1) is 17.4. The highest BCUT2D eigenvalue weighted by Gasteiger charge is 2.22. The van der Waals surface area contributed by atoms with Crippen molar-refractivity contribution in [2.75, 3.05) is 0 Å². The molecule has 35 heavy (non-hydrogen) atoms. The summed E-state index contributed by atoms with van der Waals surface area (Å²) in [6.07, 6.45) is 0. The van der Waals surface area contributed by atoms with Gasteiger partial charge in [0, 0.05) is 32.9 Å². The molecule has 164 valence electrons. The maximum absolute atomic E-state index is 6.12. The number of hydrogen-bond donors (Lipinski definition) is 0. The molecule has 0 atom stereocenters. The second-order valence-corrected chi connectivity index (χ2v) is 9.02. The summed E-state index contributed by atoms with van der Waals surface area (Å²) in [6, 6.07) is 42.8. The summed E-state index contributed by atoms with van der Waals surface area (Å²) >= 11 is 0. The summed E-state index contributed by atoms with van der Waals surface area (Å²) in [6.45, 7) is 0. The molecule has 0 aliphatic rings. The van der Waals surface area contributed by atoms with E-state index in [4.69, 9.17) is 4.42 Å². The molecule has 3 nitrogen and oxygen atoms in total. The average Bonchev–Trinajstić information content (AvgIpc) is 3.56. The van der Waals surface area contributed by atoms with E-state index in [0.29, 0.717) is 0 Å². The van der Waals surface area contributed by atoms with E-state index in [1.165, 1.54) is 32.8 Å². The van der Waals surface area contributed by atoms with Gasteiger partial charge in [0.15, 0.2) is 0 Å². The van der Waals surface area contributed by atoms with E-state index in [-0.39, 0.29) is 0 Å². The van der Waals surface area contributed by atoms with Crippen molar-refractivity contribution < 1.29 is 4.42 Å². The highest BCUT2D eigenvalue weighted by Crippen LogP contribution is 2.41. The first-order valence-electron chi connectivity index (χ1n) is 11.9. The van der Waals surface area contributed by atoms with Crippen molar-refractivity contribution >= 4 is 54.8 Å². The van der Waals surface area contributed by atoms with Gasteiger partial charge in [-0.3, -0.25) is 0 Å². The van der Waals surface area contributed by atoms with Gasteiger partial charge in [0.25, 0.3) is 0 Å². The molecule has 3 aromatic heterocycles. The monoisotopic (exact) mass is 448 g/mol. The molecule has 0 amide bonds. The Hall–Kier alpha value is -4.76. The molecule has 3 heterocycles. The quantitative estimate of drug-likeness (QED) is 0.259. The van der Waals surface area contributed by atoms with Crippen molar-refractivity contribution in [3.8, 4) is 11.4 Å². The normalized spacial score (nSPS) is 12.0. The molecule has 0 aliphatic carbocycles.